The summed E-state index contributed by atoms with van der Waals surface area (Å²) < 4.78 is 16.5. The van der Waals surface area contributed by atoms with Gasteiger partial charge in [-0.15, -0.1) is 0 Å². The van der Waals surface area contributed by atoms with Crippen LogP contribution in [0.25, 0.3) is 22.3 Å². The Morgan fingerprint density at radius 3 is 2.61 bits per heavy atom. The van der Waals surface area contributed by atoms with E-state index in [1.165, 1.54) is 31.4 Å². The molecule has 0 saturated heterocycles. The summed E-state index contributed by atoms with van der Waals surface area (Å²) in [6.45, 7) is 5.68. The van der Waals surface area contributed by atoms with Crippen LogP contribution in [0.5, 0.6) is 28.7 Å². The SMILES string of the molecule is C=C(C)[C@@H]1Cc2c(cc3oc(-c4ccc(OC)c(O)c4)c(O)c(=O)c3c2O)O1. The lowest BCUT2D eigenvalue weighted by Gasteiger charge is -2.11. The van der Waals surface area contributed by atoms with Crippen LogP contribution in [0.2, 0.25) is 0 Å². The molecule has 3 N–H and O–H groups in total. The lowest BCUT2D eigenvalue weighted by Crippen LogP contribution is -2.13. The van der Waals surface area contributed by atoms with Crippen molar-refractivity contribution in [1.82, 2.24) is 0 Å². The Kier molecular flexibility index (Phi) is 3.96. The van der Waals surface area contributed by atoms with Gasteiger partial charge in [-0.25, -0.2) is 0 Å². The minimum Gasteiger partial charge on any atom is -0.507 e. The molecule has 4 rings (SSSR count). The smallest absolute Gasteiger partial charge is 0.238 e. The quantitative estimate of drug-likeness (QED) is 0.595. The Bertz CT molecular complexity index is 1190. The fraction of sp³-hybridized carbons (Fsp3) is 0.190. The van der Waals surface area contributed by atoms with E-state index >= 15 is 0 Å². The number of rotatable bonds is 3. The Hall–Kier alpha value is -3.61. The lowest BCUT2D eigenvalue weighted by atomic mass is 10.0. The van der Waals surface area contributed by atoms with Gasteiger partial charge in [-0.05, 0) is 30.7 Å². The maximum absolute atomic E-state index is 12.8. The summed E-state index contributed by atoms with van der Waals surface area (Å²) in [7, 11) is 1.41. The number of ether oxygens (including phenoxy) is 2. The van der Waals surface area contributed by atoms with E-state index in [-0.39, 0.29) is 45.6 Å². The summed E-state index contributed by atoms with van der Waals surface area (Å²) in [4.78, 5) is 12.8. The topological polar surface area (TPSA) is 109 Å². The second-order valence-corrected chi connectivity index (χ2v) is 6.73. The highest BCUT2D eigenvalue weighted by Gasteiger charge is 2.30. The number of methoxy groups -OCH3 is 1. The van der Waals surface area contributed by atoms with Crippen molar-refractivity contribution in [2.24, 2.45) is 0 Å². The van der Waals surface area contributed by atoms with Gasteiger partial charge in [0.2, 0.25) is 11.2 Å². The first-order valence-corrected chi connectivity index (χ1v) is 8.55. The molecule has 2 heterocycles. The number of aromatic hydroxyl groups is 3. The molecule has 1 atom stereocenters. The largest absolute Gasteiger partial charge is 0.507 e. The third kappa shape index (κ3) is 2.55. The fourth-order valence-electron chi connectivity index (χ4n) is 3.33. The molecule has 28 heavy (non-hydrogen) atoms. The average Bonchev–Trinajstić information content (AvgIpc) is 3.09. The molecule has 0 fully saturated rings. The van der Waals surface area contributed by atoms with Crippen LogP contribution in [0.15, 0.2) is 45.6 Å². The number of hydrogen-bond donors (Lipinski definition) is 3. The normalized spacial score (nSPS) is 15.3. The Morgan fingerprint density at radius 2 is 1.96 bits per heavy atom. The molecule has 7 heteroatoms. The maximum atomic E-state index is 12.8. The van der Waals surface area contributed by atoms with Crippen LogP contribution in [0, 0.1) is 0 Å². The highest BCUT2D eigenvalue weighted by Crippen LogP contribution is 2.43. The molecule has 0 radical (unpaired) electrons. The summed E-state index contributed by atoms with van der Waals surface area (Å²) in [5, 5.41) is 30.9. The van der Waals surface area contributed by atoms with E-state index in [2.05, 4.69) is 6.58 Å². The van der Waals surface area contributed by atoms with Crippen LogP contribution in [-0.2, 0) is 6.42 Å². The van der Waals surface area contributed by atoms with Gasteiger partial charge < -0.3 is 29.2 Å². The molecule has 144 valence electrons. The van der Waals surface area contributed by atoms with E-state index in [1.807, 2.05) is 6.92 Å². The van der Waals surface area contributed by atoms with E-state index in [4.69, 9.17) is 13.9 Å². The van der Waals surface area contributed by atoms with Gasteiger partial charge in [0, 0.05) is 23.6 Å². The molecule has 0 aliphatic carbocycles. The molecule has 0 unspecified atom stereocenters. The second kappa shape index (κ2) is 6.23. The molecule has 1 aliphatic rings. The number of phenolic OH excluding ortho intramolecular Hbond substituents is 2. The molecule has 3 aromatic rings. The van der Waals surface area contributed by atoms with Gasteiger partial charge in [0.15, 0.2) is 17.3 Å². The molecular formula is C21H18O7. The van der Waals surface area contributed by atoms with Gasteiger partial charge in [-0.1, -0.05) is 6.58 Å². The molecule has 0 spiro atoms. The van der Waals surface area contributed by atoms with Crippen molar-refractivity contribution in [3.8, 4) is 40.1 Å². The number of fused-ring (bicyclic) bond motifs is 2. The van der Waals surface area contributed by atoms with Crippen molar-refractivity contribution in [2.75, 3.05) is 7.11 Å². The van der Waals surface area contributed by atoms with E-state index in [0.717, 1.165) is 5.57 Å². The molecule has 7 nitrogen and oxygen atoms in total. The number of benzene rings is 2. The van der Waals surface area contributed by atoms with Gasteiger partial charge in [0.1, 0.15) is 28.6 Å². The van der Waals surface area contributed by atoms with Gasteiger partial charge in [0.05, 0.1) is 7.11 Å². The van der Waals surface area contributed by atoms with Crippen LogP contribution in [0.4, 0.5) is 0 Å². The predicted molar refractivity (Wildman–Crippen MR) is 102 cm³/mol. The molecule has 0 bridgehead atoms. The van der Waals surface area contributed by atoms with Gasteiger partial charge >= 0.3 is 0 Å². The molecular weight excluding hydrogens is 364 g/mol. The fourth-order valence-corrected chi connectivity index (χ4v) is 3.33. The van der Waals surface area contributed by atoms with Gasteiger partial charge in [0.25, 0.3) is 0 Å². The Balaban J connectivity index is 1.94. The monoisotopic (exact) mass is 382 g/mol. The molecule has 1 aromatic heterocycles. The molecule has 0 saturated carbocycles. The van der Waals surface area contributed by atoms with Crippen LogP contribution in [-0.4, -0.2) is 28.5 Å². The Morgan fingerprint density at radius 1 is 1.21 bits per heavy atom. The van der Waals surface area contributed by atoms with Gasteiger partial charge in [-0.3, -0.25) is 4.79 Å². The minimum absolute atomic E-state index is 0.0618. The second-order valence-electron chi connectivity index (χ2n) is 6.73. The highest BCUT2D eigenvalue weighted by atomic mass is 16.5. The minimum atomic E-state index is -0.773. The lowest BCUT2D eigenvalue weighted by molar-refractivity contribution is 0.271. The van der Waals surface area contributed by atoms with Crippen LogP contribution in [0.1, 0.15) is 12.5 Å². The maximum Gasteiger partial charge on any atom is 0.238 e. The van der Waals surface area contributed by atoms with E-state index < -0.39 is 11.2 Å². The van der Waals surface area contributed by atoms with E-state index in [9.17, 15) is 20.1 Å². The number of hydrogen-bond acceptors (Lipinski definition) is 7. The zero-order valence-corrected chi connectivity index (χ0v) is 15.3. The average molecular weight is 382 g/mol. The van der Waals surface area contributed by atoms with Crippen molar-refractivity contribution in [3.05, 3.63) is 52.2 Å². The summed E-state index contributed by atoms with van der Waals surface area (Å²) in [5.74, 6) is -0.612. The third-order valence-electron chi connectivity index (χ3n) is 4.85. The summed E-state index contributed by atoms with van der Waals surface area (Å²) in [5.41, 5.74) is 0.825. The first kappa shape index (κ1) is 17.8. The van der Waals surface area contributed by atoms with Crippen molar-refractivity contribution in [3.63, 3.8) is 0 Å². The highest BCUT2D eigenvalue weighted by molar-refractivity contribution is 5.90. The first-order valence-electron chi connectivity index (χ1n) is 8.55. The zero-order chi connectivity index (χ0) is 20.2. The third-order valence-corrected chi connectivity index (χ3v) is 4.85. The predicted octanol–water partition coefficient (Wildman–Crippen LogP) is 3.47. The van der Waals surface area contributed by atoms with Crippen molar-refractivity contribution in [2.45, 2.75) is 19.4 Å². The molecule has 1 aliphatic heterocycles. The van der Waals surface area contributed by atoms with Crippen LogP contribution >= 0.6 is 0 Å². The standard InChI is InChI=1S/C21H18O7/c1-9(2)14-7-11-15(27-14)8-16-17(18(11)23)19(24)20(25)21(28-16)10-4-5-13(26-3)12(22)6-10/h4-6,8,14,22-23,25H,1,7H2,2-3H3/t14-/m0/s1. The van der Waals surface area contributed by atoms with Crippen LogP contribution < -0.4 is 14.9 Å². The summed E-state index contributed by atoms with van der Waals surface area (Å²) in [6.07, 6.45) is 0.0696. The number of phenols is 2. The molecule has 0 amide bonds. The summed E-state index contributed by atoms with van der Waals surface area (Å²) >= 11 is 0. The van der Waals surface area contributed by atoms with Crippen molar-refractivity contribution < 1.29 is 29.2 Å². The summed E-state index contributed by atoms with van der Waals surface area (Å²) in [6, 6.07) is 5.84. The van der Waals surface area contributed by atoms with E-state index in [1.54, 1.807) is 0 Å². The zero-order valence-electron chi connectivity index (χ0n) is 15.3. The van der Waals surface area contributed by atoms with Crippen molar-refractivity contribution in [1.29, 1.82) is 0 Å². The van der Waals surface area contributed by atoms with Crippen molar-refractivity contribution >= 4 is 11.0 Å². The molecule has 2 aromatic carbocycles. The first-order chi connectivity index (χ1) is 13.3. The Labute approximate surface area is 159 Å². The van der Waals surface area contributed by atoms with Crippen LogP contribution in [0.3, 0.4) is 0 Å². The van der Waals surface area contributed by atoms with Gasteiger partial charge in [-0.2, -0.15) is 0 Å². The van der Waals surface area contributed by atoms with E-state index in [0.29, 0.717) is 17.7 Å².